The van der Waals surface area contributed by atoms with Gasteiger partial charge >= 0.3 is 0 Å². The molecule has 1 saturated heterocycles. The normalized spacial score (nSPS) is 21.7. The smallest absolute Gasteiger partial charge is 0.160 e. The number of halogens is 1. The van der Waals surface area contributed by atoms with Crippen molar-refractivity contribution in [2.75, 3.05) is 11.5 Å². The number of fused-ring (bicyclic) bond motifs is 1. The summed E-state index contributed by atoms with van der Waals surface area (Å²) >= 11 is 8.33. The van der Waals surface area contributed by atoms with Crippen LogP contribution in [-0.2, 0) is 0 Å². The summed E-state index contributed by atoms with van der Waals surface area (Å²) in [6, 6.07) is 2.58. The highest BCUT2D eigenvalue weighted by Crippen LogP contribution is 2.33. The first kappa shape index (κ1) is 13.3. The van der Waals surface area contributed by atoms with Gasteiger partial charge in [0.05, 0.1) is 5.38 Å². The number of alkyl halides is 1. The molecule has 0 bridgehead atoms. The van der Waals surface area contributed by atoms with Crippen molar-refractivity contribution in [2.45, 2.75) is 38.1 Å². The Labute approximate surface area is 122 Å². The summed E-state index contributed by atoms with van der Waals surface area (Å²) in [6.45, 7) is 4.04. The summed E-state index contributed by atoms with van der Waals surface area (Å²) in [5.41, 5.74) is 3.10. The van der Waals surface area contributed by atoms with Gasteiger partial charge in [-0.2, -0.15) is 11.8 Å². The van der Waals surface area contributed by atoms with Crippen molar-refractivity contribution in [3.8, 4) is 0 Å². The fourth-order valence-electron chi connectivity index (χ4n) is 2.67. The minimum absolute atomic E-state index is 0.0820. The molecule has 3 nitrogen and oxygen atoms in total. The van der Waals surface area contributed by atoms with Crippen molar-refractivity contribution >= 4 is 34.5 Å². The van der Waals surface area contributed by atoms with E-state index >= 15 is 0 Å². The molecule has 2 atom stereocenters. The lowest BCUT2D eigenvalue weighted by Crippen LogP contribution is -2.19. The van der Waals surface area contributed by atoms with Gasteiger partial charge in [0, 0.05) is 18.0 Å². The molecule has 1 fully saturated rings. The summed E-state index contributed by atoms with van der Waals surface area (Å²) in [4.78, 5) is 9.30. The van der Waals surface area contributed by atoms with Crippen LogP contribution in [0.5, 0.6) is 0 Å². The van der Waals surface area contributed by atoms with Crippen molar-refractivity contribution in [2.24, 2.45) is 0 Å². The minimum Gasteiger partial charge on any atom is -0.308 e. The Morgan fingerprint density at radius 1 is 1.53 bits per heavy atom. The quantitative estimate of drug-likeness (QED) is 0.781. The lowest BCUT2D eigenvalue weighted by Gasteiger charge is -2.25. The average Bonchev–Trinajstić information content (AvgIpc) is 2.78. The molecular weight excluding hydrogens is 278 g/mol. The number of rotatable bonds is 2. The molecule has 2 aromatic rings. The zero-order valence-corrected chi connectivity index (χ0v) is 12.8. The summed E-state index contributed by atoms with van der Waals surface area (Å²) in [5.74, 6) is 3.36. The second-order valence-electron chi connectivity index (χ2n) is 5.18. The van der Waals surface area contributed by atoms with Crippen LogP contribution >= 0.6 is 23.4 Å². The van der Waals surface area contributed by atoms with Crippen LogP contribution in [0.4, 0.5) is 0 Å². The van der Waals surface area contributed by atoms with E-state index in [-0.39, 0.29) is 5.38 Å². The molecular formula is C14H18ClN3S. The van der Waals surface area contributed by atoms with Crippen LogP contribution in [-0.4, -0.2) is 26.0 Å². The predicted molar refractivity (Wildman–Crippen MR) is 82.1 cm³/mol. The fraction of sp³-hybridized carbons (Fsp3) is 0.571. The molecule has 0 radical (unpaired) electrons. The zero-order valence-electron chi connectivity index (χ0n) is 11.3. The molecule has 19 heavy (non-hydrogen) atoms. The Hall–Kier alpha value is -0.740. The van der Waals surface area contributed by atoms with Crippen LogP contribution in [0.1, 0.15) is 42.6 Å². The van der Waals surface area contributed by atoms with Gasteiger partial charge in [-0.3, -0.25) is 0 Å². The Balaban J connectivity index is 2.15. The maximum Gasteiger partial charge on any atom is 0.160 e. The molecule has 0 N–H and O–H groups in total. The molecule has 0 spiro atoms. The first-order valence-electron chi connectivity index (χ1n) is 6.73. The van der Waals surface area contributed by atoms with Gasteiger partial charge in [0.25, 0.3) is 0 Å². The van der Waals surface area contributed by atoms with Crippen LogP contribution in [0.15, 0.2) is 12.3 Å². The van der Waals surface area contributed by atoms with E-state index in [9.17, 15) is 0 Å². The highest BCUT2D eigenvalue weighted by atomic mass is 35.5. The summed E-state index contributed by atoms with van der Waals surface area (Å²) in [6.07, 6.45) is 4.38. The predicted octanol–water partition coefficient (Wildman–Crippen LogP) is 4.11. The second-order valence-corrected chi connectivity index (χ2v) is 6.99. The standard InChI is InChI=1S/C14H18ClN3S/c1-9-6-12-14(16-7-9)18(13(17-12)10(2)15)11-4-3-5-19-8-11/h6-7,10-11H,3-5,8H2,1-2H3. The van der Waals surface area contributed by atoms with E-state index in [0.717, 1.165) is 28.3 Å². The number of hydrogen-bond donors (Lipinski definition) is 0. The Morgan fingerprint density at radius 2 is 2.37 bits per heavy atom. The maximum atomic E-state index is 6.32. The van der Waals surface area contributed by atoms with Crippen LogP contribution < -0.4 is 0 Å². The van der Waals surface area contributed by atoms with Gasteiger partial charge in [-0.25, -0.2) is 9.97 Å². The van der Waals surface area contributed by atoms with E-state index < -0.39 is 0 Å². The van der Waals surface area contributed by atoms with E-state index in [4.69, 9.17) is 16.6 Å². The fourth-order valence-corrected chi connectivity index (χ4v) is 3.95. The average molecular weight is 296 g/mol. The SMILES string of the molecule is Cc1cnc2c(c1)nc(C(C)Cl)n2C1CCCSC1. The van der Waals surface area contributed by atoms with Gasteiger partial charge in [0.2, 0.25) is 0 Å². The number of aromatic nitrogens is 3. The van der Waals surface area contributed by atoms with Crippen LogP contribution in [0.25, 0.3) is 11.2 Å². The number of thioether (sulfide) groups is 1. The Kier molecular flexibility index (Phi) is 3.72. The van der Waals surface area contributed by atoms with Crippen molar-refractivity contribution in [3.05, 3.63) is 23.7 Å². The van der Waals surface area contributed by atoms with Crippen LogP contribution in [0.3, 0.4) is 0 Å². The first-order valence-corrected chi connectivity index (χ1v) is 8.32. The lowest BCUT2D eigenvalue weighted by molar-refractivity contribution is 0.491. The largest absolute Gasteiger partial charge is 0.308 e. The molecule has 2 aromatic heterocycles. The highest BCUT2D eigenvalue weighted by molar-refractivity contribution is 7.99. The Morgan fingerprint density at radius 3 is 3.05 bits per heavy atom. The second kappa shape index (κ2) is 5.33. The molecule has 3 heterocycles. The molecule has 0 aliphatic carbocycles. The summed E-state index contributed by atoms with van der Waals surface area (Å²) in [7, 11) is 0. The van der Waals surface area contributed by atoms with Crippen molar-refractivity contribution in [3.63, 3.8) is 0 Å². The molecule has 1 aliphatic rings. The van der Waals surface area contributed by atoms with E-state index in [0.29, 0.717) is 6.04 Å². The topological polar surface area (TPSA) is 30.7 Å². The highest BCUT2D eigenvalue weighted by Gasteiger charge is 2.24. The lowest BCUT2D eigenvalue weighted by atomic mass is 10.1. The van der Waals surface area contributed by atoms with Gasteiger partial charge < -0.3 is 4.57 Å². The van der Waals surface area contributed by atoms with E-state index in [2.05, 4.69) is 15.6 Å². The molecule has 0 aromatic carbocycles. The molecule has 3 rings (SSSR count). The number of aryl methyl sites for hydroxylation is 1. The van der Waals surface area contributed by atoms with E-state index in [1.54, 1.807) is 0 Å². The van der Waals surface area contributed by atoms with Crippen molar-refractivity contribution < 1.29 is 0 Å². The number of imidazole rings is 1. The number of nitrogens with zero attached hydrogens (tertiary/aromatic N) is 3. The van der Waals surface area contributed by atoms with Gasteiger partial charge in [-0.05, 0) is 44.1 Å². The molecule has 0 amide bonds. The summed E-state index contributed by atoms with van der Waals surface area (Å²) < 4.78 is 2.28. The molecule has 2 unspecified atom stereocenters. The minimum atomic E-state index is -0.0820. The summed E-state index contributed by atoms with van der Waals surface area (Å²) in [5, 5.41) is -0.0820. The third kappa shape index (κ3) is 2.48. The molecule has 0 saturated carbocycles. The van der Waals surface area contributed by atoms with Gasteiger partial charge in [0.15, 0.2) is 5.65 Å². The van der Waals surface area contributed by atoms with Gasteiger partial charge in [-0.1, -0.05) is 0 Å². The molecule has 5 heteroatoms. The zero-order chi connectivity index (χ0) is 13.4. The van der Waals surface area contributed by atoms with E-state index in [1.807, 2.05) is 31.8 Å². The van der Waals surface area contributed by atoms with Crippen LogP contribution in [0.2, 0.25) is 0 Å². The van der Waals surface area contributed by atoms with Crippen molar-refractivity contribution in [1.82, 2.24) is 14.5 Å². The van der Waals surface area contributed by atoms with E-state index in [1.165, 1.54) is 18.6 Å². The van der Waals surface area contributed by atoms with Gasteiger partial charge in [-0.15, -0.1) is 11.6 Å². The number of pyridine rings is 1. The molecule has 1 aliphatic heterocycles. The maximum absolute atomic E-state index is 6.32. The first-order chi connectivity index (χ1) is 9.16. The monoisotopic (exact) mass is 295 g/mol. The van der Waals surface area contributed by atoms with Gasteiger partial charge in [0.1, 0.15) is 11.3 Å². The molecule has 102 valence electrons. The third-order valence-corrected chi connectivity index (χ3v) is 4.94. The number of hydrogen-bond acceptors (Lipinski definition) is 3. The Bertz CT molecular complexity index is 588. The van der Waals surface area contributed by atoms with Crippen molar-refractivity contribution in [1.29, 1.82) is 0 Å². The third-order valence-electron chi connectivity index (χ3n) is 3.55. The van der Waals surface area contributed by atoms with Crippen LogP contribution in [0, 0.1) is 6.92 Å².